The molecule has 2 heterocycles. The first-order valence-electron chi connectivity index (χ1n) is 6.28. The van der Waals surface area contributed by atoms with Crippen molar-refractivity contribution >= 4 is 11.6 Å². The summed E-state index contributed by atoms with van der Waals surface area (Å²) in [5.41, 5.74) is 1.25. The van der Waals surface area contributed by atoms with Crippen LogP contribution < -0.4 is 0 Å². The molecule has 1 aliphatic heterocycles. The molecule has 0 saturated carbocycles. The van der Waals surface area contributed by atoms with Crippen LogP contribution in [-0.2, 0) is 11.2 Å². The Morgan fingerprint density at radius 2 is 1.88 bits per heavy atom. The molecule has 5 unspecified atom stereocenters. The molecule has 0 spiro atoms. The molecule has 2 rings (SSSR count). The predicted molar refractivity (Wildman–Crippen MR) is 70.2 cm³/mol. The summed E-state index contributed by atoms with van der Waals surface area (Å²) in [7, 11) is 0. The maximum absolute atomic E-state index is 6.58. The first-order valence-corrected chi connectivity index (χ1v) is 6.71. The monoisotopic (exact) mass is 253 g/mol. The van der Waals surface area contributed by atoms with Crippen molar-refractivity contribution in [2.75, 3.05) is 0 Å². The van der Waals surface area contributed by atoms with E-state index in [4.69, 9.17) is 16.3 Å². The van der Waals surface area contributed by atoms with Crippen molar-refractivity contribution in [3.8, 4) is 0 Å². The van der Waals surface area contributed by atoms with Crippen LogP contribution in [0.15, 0.2) is 24.5 Å². The summed E-state index contributed by atoms with van der Waals surface area (Å²) >= 11 is 6.58. The number of pyridine rings is 1. The van der Waals surface area contributed by atoms with E-state index in [1.165, 1.54) is 5.56 Å². The fraction of sp³-hybridized carbons (Fsp3) is 0.643. The molecule has 1 fully saturated rings. The van der Waals surface area contributed by atoms with Gasteiger partial charge in [0.1, 0.15) is 0 Å². The van der Waals surface area contributed by atoms with Crippen LogP contribution in [-0.4, -0.2) is 22.6 Å². The zero-order chi connectivity index (χ0) is 12.4. The standard InChI is InChI=1S/C14H20ClNO/c1-9-10(2)17-11(3)14(9)13(15)8-12-4-6-16-7-5-12/h4-7,9-11,13-14H,8H2,1-3H3. The Morgan fingerprint density at radius 1 is 1.24 bits per heavy atom. The average Bonchev–Trinajstić information content (AvgIpc) is 2.54. The van der Waals surface area contributed by atoms with Crippen LogP contribution in [0, 0.1) is 11.8 Å². The van der Waals surface area contributed by atoms with Crippen LogP contribution >= 0.6 is 11.6 Å². The van der Waals surface area contributed by atoms with Gasteiger partial charge in [-0.1, -0.05) is 6.92 Å². The van der Waals surface area contributed by atoms with Crippen molar-refractivity contribution in [1.82, 2.24) is 4.98 Å². The maximum Gasteiger partial charge on any atom is 0.0596 e. The Morgan fingerprint density at radius 3 is 2.41 bits per heavy atom. The normalized spacial score (nSPS) is 34.8. The smallest absolute Gasteiger partial charge is 0.0596 e. The lowest BCUT2D eigenvalue weighted by Gasteiger charge is -2.24. The Bertz CT molecular complexity index is 356. The summed E-state index contributed by atoms with van der Waals surface area (Å²) in [6.07, 6.45) is 5.09. The highest BCUT2D eigenvalue weighted by Crippen LogP contribution is 2.37. The average molecular weight is 254 g/mol. The van der Waals surface area contributed by atoms with Gasteiger partial charge in [0.05, 0.1) is 12.2 Å². The van der Waals surface area contributed by atoms with Crippen LogP contribution in [0.25, 0.3) is 0 Å². The van der Waals surface area contributed by atoms with Gasteiger partial charge in [0.25, 0.3) is 0 Å². The number of rotatable bonds is 3. The Balaban J connectivity index is 2.03. The summed E-state index contributed by atoms with van der Waals surface area (Å²) in [5, 5.41) is 0.132. The van der Waals surface area contributed by atoms with Gasteiger partial charge in [-0.15, -0.1) is 11.6 Å². The van der Waals surface area contributed by atoms with Crippen molar-refractivity contribution in [2.45, 2.75) is 44.8 Å². The van der Waals surface area contributed by atoms with E-state index in [0.29, 0.717) is 17.9 Å². The topological polar surface area (TPSA) is 22.1 Å². The van der Waals surface area contributed by atoms with E-state index in [1.54, 1.807) is 0 Å². The predicted octanol–water partition coefficient (Wildman–Crippen LogP) is 3.29. The van der Waals surface area contributed by atoms with Crippen LogP contribution in [0.4, 0.5) is 0 Å². The fourth-order valence-corrected chi connectivity index (χ4v) is 3.41. The van der Waals surface area contributed by atoms with Crippen LogP contribution in [0.3, 0.4) is 0 Å². The van der Waals surface area contributed by atoms with Gasteiger partial charge in [-0.3, -0.25) is 4.98 Å². The van der Waals surface area contributed by atoms with Gasteiger partial charge in [0.2, 0.25) is 0 Å². The van der Waals surface area contributed by atoms with Crippen LogP contribution in [0.2, 0.25) is 0 Å². The second kappa shape index (κ2) is 5.36. The lowest BCUT2D eigenvalue weighted by Crippen LogP contribution is -2.28. The highest BCUT2D eigenvalue weighted by Gasteiger charge is 2.40. The minimum Gasteiger partial charge on any atom is -0.375 e. The molecule has 1 aliphatic rings. The first kappa shape index (κ1) is 12.8. The molecule has 1 aromatic heterocycles. The zero-order valence-corrected chi connectivity index (χ0v) is 11.4. The van der Waals surface area contributed by atoms with E-state index in [0.717, 1.165) is 6.42 Å². The van der Waals surface area contributed by atoms with E-state index in [-0.39, 0.29) is 11.5 Å². The lowest BCUT2D eigenvalue weighted by atomic mass is 9.84. The van der Waals surface area contributed by atoms with E-state index in [1.807, 2.05) is 24.5 Å². The van der Waals surface area contributed by atoms with Gasteiger partial charge in [0.15, 0.2) is 0 Å². The molecule has 0 N–H and O–H groups in total. The lowest BCUT2D eigenvalue weighted by molar-refractivity contribution is 0.0508. The van der Waals surface area contributed by atoms with Gasteiger partial charge >= 0.3 is 0 Å². The number of nitrogens with zero attached hydrogens (tertiary/aromatic N) is 1. The van der Waals surface area contributed by atoms with Crippen LogP contribution in [0.5, 0.6) is 0 Å². The summed E-state index contributed by atoms with van der Waals surface area (Å²) in [4.78, 5) is 4.02. The third-order valence-electron chi connectivity index (χ3n) is 3.92. The number of aromatic nitrogens is 1. The number of ether oxygens (including phenoxy) is 1. The minimum absolute atomic E-state index is 0.132. The Kier molecular flexibility index (Phi) is 4.05. The third-order valence-corrected chi connectivity index (χ3v) is 4.36. The number of halogens is 1. The van der Waals surface area contributed by atoms with Gasteiger partial charge in [-0.2, -0.15) is 0 Å². The van der Waals surface area contributed by atoms with Crippen LogP contribution in [0.1, 0.15) is 26.3 Å². The highest BCUT2D eigenvalue weighted by atomic mass is 35.5. The molecule has 0 bridgehead atoms. The Labute approximate surface area is 108 Å². The molecule has 94 valence electrons. The molecule has 1 aromatic rings. The summed E-state index contributed by atoms with van der Waals surface area (Å²) < 4.78 is 5.85. The maximum atomic E-state index is 6.58. The van der Waals surface area contributed by atoms with Gasteiger partial charge in [0, 0.05) is 23.7 Å². The van der Waals surface area contributed by atoms with E-state index in [2.05, 4.69) is 25.8 Å². The van der Waals surface area contributed by atoms with Gasteiger partial charge in [-0.05, 0) is 43.9 Å². The number of alkyl halides is 1. The second-order valence-corrected chi connectivity index (χ2v) is 5.62. The fourth-order valence-electron chi connectivity index (χ4n) is 2.80. The molecule has 3 heteroatoms. The molecule has 1 saturated heterocycles. The van der Waals surface area contributed by atoms with Crippen molar-refractivity contribution in [1.29, 1.82) is 0 Å². The van der Waals surface area contributed by atoms with Crippen molar-refractivity contribution in [3.63, 3.8) is 0 Å². The van der Waals surface area contributed by atoms with E-state index in [9.17, 15) is 0 Å². The minimum atomic E-state index is 0.132. The van der Waals surface area contributed by atoms with Crippen molar-refractivity contribution in [2.24, 2.45) is 11.8 Å². The van der Waals surface area contributed by atoms with E-state index >= 15 is 0 Å². The molecule has 5 atom stereocenters. The number of hydrogen-bond donors (Lipinski definition) is 0. The summed E-state index contributed by atoms with van der Waals surface area (Å²) in [5.74, 6) is 0.953. The number of hydrogen-bond acceptors (Lipinski definition) is 2. The zero-order valence-electron chi connectivity index (χ0n) is 10.6. The van der Waals surface area contributed by atoms with Crippen molar-refractivity contribution < 1.29 is 4.74 Å². The van der Waals surface area contributed by atoms with Gasteiger partial charge < -0.3 is 4.74 Å². The summed E-state index contributed by atoms with van der Waals surface area (Å²) in [6.45, 7) is 6.50. The molecule has 2 nitrogen and oxygen atoms in total. The molecule has 0 aliphatic carbocycles. The molecule has 0 radical (unpaired) electrons. The quantitative estimate of drug-likeness (QED) is 0.772. The third kappa shape index (κ3) is 2.80. The molecular weight excluding hydrogens is 234 g/mol. The molecule has 0 aromatic carbocycles. The van der Waals surface area contributed by atoms with E-state index < -0.39 is 0 Å². The SMILES string of the molecule is CC1OC(C)C(C(Cl)Cc2ccncc2)C1C. The first-order chi connectivity index (χ1) is 8.09. The van der Waals surface area contributed by atoms with Crippen molar-refractivity contribution in [3.05, 3.63) is 30.1 Å². The van der Waals surface area contributed by atoms with Gasteiger partial charge in [-0.25, -0.2) is 0 Å². The molecular formula is C14H20ClNO. The Hall–Kier alpha value is -0.600. The second-order valence-electron chi connectivity index (χ2n) is 5.06. The largest absolute Gasteiger partial charge is 0.375 e. The molecule has 17 heavy (non-hydrogen) atoms. The highest BCUT2D eigenvalue weighted by molar-refractivity contribution is 6.21. The summed E-state index contributed by atoms with van der Waals surface area (Å²) in [6, 6.07) is 4.06. The molecule has 0 amide bonds.